The first kappa shape index (κ1) is 13.7. The van der Waals surface area contributed by atoms with Gasteiger partial charge < -0.3 is 16.8 Å². The molecule has 0 aliphatic carbocycles. The lowest BCUT2D eigenvalue weighted by Crippen LogP contribution is -2.49. The number of hydrogen-bond donors (Lipinski definition) is 3. The quantitative estimate of drug-likeness (QED) is 0.635. The average Bonchev–Trinajstić information content (AvgIpc) is 2.35. The van der Waals surface area contributed by atoms with Gasteiger partial charge in [0.25, 0.3) is 0 Å². The van der Waals surface area contributed by atoms with E-state index < -0.39 is 5.54 Å². The number of carbonyl (C=O) groups is 1. The van der Waals surface area contributed by atoms with Gasteiger partial charge in [-0.05, 0) is 31.9 Å². The number of nitrogens with one attached hydrogen (secondary N) is 1. The van der Waals surface area contributed by atoms with Gasteiger partial charge in [0.1, 0.15) is 5.54 Å². The number of hydrogen-bond acceptors (Lipinski definition) is 3. The van der Waals surface area contributed by atoms with Crippen molar-refractivity contribution in [3.05, 3.63) is 35.9 Å². The van der Waals surface area contributed by atoms with Gasteiger partial charge in [0.2, 0.25) is 5.91 Å². The van der Waals surface area contributed by atoms with Gasteiger partial charge in [-0.1, -0.05) is 30.3 Å². The van der Waals surface area contributed by atoms with Crippen molar-refractivity contribution in [2.75, 3.05) is 13.1 Å². The average molecular weight is 235 g/mol. The standard InChI is InChI=1S/C13H21N3O/c1-13(15,11-7-3-2-4-8-11)12(17)16-10-6-5-9-14/h2-4,7-8H,5-6,9-10,14-15H2,1H3,(H,16,17). The van der Waals surface area contributed by atoms with Crippen molar-refractivity contribution in [1.29, 1.82) is 0 Å². The van der Waals surface area contributed by atoms with E-state index in [1.807, 2.05) is 30.3 Å². The minimum Gasteiger partial charge on any atom is -0.354 e. The molecule has 4 heteroatoms. The van der Waals surface area contributed by atoms with Crippen LogP contribution < -0.4 is 16.8 Å². The van der Waals surface area contributed by atoms with Crippen LogP contribution in [0.2, 0.25) is 0 Å². The second kappa shape index (κ2) is 6.37. The monoisotopic (exact) mass is 235 g/mol. The largest absolute Gasteiger partial charge is 0.354 e. The molecule has 0 spiro atoms. The van der Waals surface area contributed by atoms with E-state index in [-0.39, 0.29) is 5.91 Å². The zero-order valence-electron chi connectivity index (χ0n) is 10.3. The fourth-order valence-corrected chi connectivity index (χ4v) is 1.57. The topological polar surface area (TPSA) is 81.1 Å². The Labute approximate surface area is 102 Å². The molecule has 94 valence electrons. The number of rotatable bonds is 6. The maximum Gasteiger partial charge on any atom is 0.244 e. The summed E-state index contributed by atoms with van der Waals surface area (Å²) in [7, 11) is 0. The van der Waals surface area contributed by atoms with Crippen molar-refractivity contribution in [2.45, 2.75) is 25.3 Å². The van der Waals surface area contributed by atoms with E-state index in [0.717, 1.165) is 18.4 Å². The molecule has 0 fully saturated rings. The van der Waals surface area contributed by atoms with E-state index in [1.54, 1.807) is 6.92 Å². The van der Waals surface area contributed by atoms with E-state index in [1.165, 1.54) is 0 Å². The van der Waals surface area contributed by atoms with E-state index in [9.17, 15) is 4.79 Å². The maximum absolute atomic E-state index is 12.0. The predicted octanol–water partition coefficient (Wildman–Crippen LogP) is 0.716. The molecule has 0 heterocycles. The fourth-order valence-electron chi connectivity index (χ4n) is 1.57. The first-order valence-corrected chi connectivity index (χ1v) is 5.92. The first-order chi connectivity index (χ1) is 8.09. The molecule has 1 unspecified atom stereocenters. The molecule has 5 N–H and O–H groups in total. The molecule has 0 radical (unpaired) electrons. The number of unbranched alkanes of at least 4 members (excludes halogenated alkanes) is 1. The van der Waals surface area contributed by atoms with Crippen LogP contribution in [0.3, 0.4) is 0 Å². The highest BCUT2D eigenvalue weighted by Crippen LogP contribution is 2.17. The van der Waals surface area contributed by atoms with E-state index in [4.69, 9.17) is 11.5 Å². The number of benzene rings is 1. The second-order valence-electron chi connectivity index (χ2n) is 4.32. The van der Waals surface area contributed by atoms with Gasteiger partial charge >= 0.3 is 0 Å². The van der Waals surface area contributed by atoms with Gasteiger partial charge in [0.15, 0.2) is 0 Å². The summed E-state index contributed by atoms with van der Waals surface area (Å²) in [6, 6.07) is 9.38. The molecule has 1 aromatic carbocycles. The molecular formula is C13H21N3O. The van der Waals surface area contributed by atoms with Crippen molar-refractivity contribution < 1.29 is 4.79 Å². The van der Waals surface area contributed by atoms with E-state index in [0.29, 0.717) is 13.1 Å². The number of amides is 1. The van der Waals surface area contributed by atoms with Crippen LogP contribution in [0.1, 0.15) is 25.3 Å². The molecule has 1 aromatic rings. The summed E-state index contributed by atoms with van der Waals surface area (Å²) in [5, 5.41) is 2.84. The summed E-state index contributed by atoms with van der Waals surface area (Å²) >= 11 is 0. The van der Waals surface area contributed by atoms with Gasteiger partial charge in [0, 0.05) is 6.54 Å². The summed E-state index contributed by atoms with van der Waals surface area (Å²) in [5.41, 5.74) is 11.3. The molecule has 0 saturated carbocycles. The Morgan fingerprint density at radius 2 is 1.94 bits per heavy atom. The Balaban J connectivity index is 2.55. The molecule has 0 bridgehead atoms. The van der Waals surface area contributed by atoms with Crippen molar-refractivity contribution in [3.63, 3.8) is 0 Å². The molecule has 0 aliphatic heterocycles. The third-order valence-electron chi connectivity index (χ3n) is 2.76. The Morgan fingerprint density at radius 1 is 1.29 bits per heavy atom. The van der Waals surface area contributed by atoms with Crippen molar-refractivity contribution in [1.82, 2.24) is 5.32 Å². The summed E-state index contributed by atoms with van der Waals surface area (Å²) in [6.45, 7) is 2.99. The Morgan fingerprint density at radius 3 is 2.53 bits per heavy atom. The SMILES string of the molecule is CC(N)(C(=O)NCCCCN)c1ccccc1. The third kappa shape index (κ3) is 3.84. The predicted molar refractivity (Wildman–Crippen MR) is 69.3 cm³/mol. The molecule has 4 nitrogen and oxygen atoms in total. The van der Waals surface area contributed by atoms with Crippen LogP contribution in [0, 0.1) is 0 Å². The lowest BCUT2D eigenvalue weighted by Gasteiger charge is -2.24. The van der Waals surface area contributed by atoms with Gasteiger partial charge in [-0.3, -0.25) is 4.79 Å². The number of carbonyl (C=O) groups excluding carboxylic acids is 1. The lowest BCUT2D eigenvalue weighted by atomic mass is 9.92. The normalized spacial score (nSPS) is 14.1. The summed E-state index contributed by atoms with van der Waals surface area (Å²) < 4.78 is 0. The van der Waals surface area contributed by atoms with Gasteiger partial charge in [0.05, 0.1) is 0 Å². The van der Waals surface area contributed by atoms with Crippen LogP contribution in [0.5, 0.6) is 0 Å². The Hall–Kier alpha value is -1.39. The van der Waals surface area contributed by atoms with Crippen LogP contribution in [-0.2, 0) is 10.3 Å². The minimum absolute atomic E-state index is 0.152. The maximum atomic E-state index is 12.0. The zero-order chi connectivity index (χ0) is 12.7. The Bertz CT molecular complexity index is 349. The summed E-state index contributed by atoms with van der Waals surface area (Å²) in [5.74, 6) is -0.152. The van der Waals surface area contributed by atoms with E-state index in [2.05, 4.69) is 5.32 Å². The molecule has 0 saturated heterocycles. The zero-order valence-corrected chi connectivity index (χ0v) is 10.3. The molecule has 1 amide bonds. The van der Waals surface area contributed by atoms with Crippen molar-refractivity contribution in [3.8, 4) is 0 Å². The second-order valence-corrected chi connectivity index (χ2v) is 4.32. The lowest BCUT2D eigenvalue weighted by molar-refractivity contribution is -0.126. The highest BCUT2D eigenvalue weighted by atomic mass is 16.2. The molecule has 17 heavy (non-hydrogen) atoms. The van der Waals surface area contributed by atoms with Crippen LogP contribution in [0.25, 0.3) is 0 Å². The summed E-state index contributed by atoms with van der Waals surface area (Å²) in [6.07, 6.45) is 1.79. The van der Waals surface area contributed by atoms with Crippen LogP contribution in [0.15, 0.2) is 30.3 Å². The number of nitrogens with two attached hydrogens (primary N) is 2. The van der Waals surface area contributed by atoms with Crippen molar-refractivity contribution in [2.24, 2.45) is 11.5 Å². The fraction of sp³-hybridized carbons (Fsp3) is 0.462. The molecule has 1 rings (SSSR count). The van der Waals surface area contributed by atoms with E-state index >= 15 is 0 Å². The highest BCUT2D eigenvalue weighted by Gasteiger charge is 2.29. The van der Waals surface area contributed by atoms with Crippen molar-refractivity contribution >= 4 is 5.91 Å². The van der Waals surface area contributed by atoms with Crippen LogP contribution in [0.4, 0.5) is 0 Å². The Kier molecular flexibility index (Phi) is 5.12. The van der Waals surface area contributed by atoms with Gasteiger partial charge in [-0.25, -0.2) is 0 Å². The van der Waals surface area contributed by atoms with Crippen LogP contribution >= 0.6 is 0 Å². The third-order valence-corrected chi connectivity index (χ3v) is 2.76. The molecule has 0 aromatic heterocycles. The molecule has 1 atom stereocenters. The van der Waals surface area contributed by atoms with Gasteiger partial charge in [-0.2, -0.15) is 0 Å². The molecular weight excluding hydrogens is 214 g/mol. The first-order valence-electron chi connectivity index (χ1n) is 5.92. The highest BCUT2D eigenvalue weighted by molar-refractivity contribution is 5.86. The van der Waals surface area contributed by atoms with Gasteiger partial charge in [-0.15, -0.1) is 0 Å². The summed E-state index contributed by atoms with van der Waals surface area (Å²) in [4.78, 5) is 12.0. The van der Waals surface area contributed by atoms with Crippen LogP contribution in [-0.4, -0.2) is 19.0 Å². The minimum atomic E-state index is -0.982. The smallest absolute Gasteiger partial charge is 0.244 e. The molecule has 0 aliphatic rings.